The van der Waals surface area contributed by atoms with E-state index in [4.69, 9.17) is 4.74 Å². The van der Waals surface area contributed by atoms with E-state index in [1.165, 1.54) is 6.21 Å². The molecule has 9 nitrogen and oxygen atoms in total. The van der Waals surface area contributed by atoms with Crippen molar-refractivity contribution < 1.29 is 35.9 Å². The van der Waals surface area contributed by atoms with Crippen LogP contribution < -0.4 is 14.5 Å². The number of ether oxygens (including phenoxy) is 1. The first-order valence-electron chi connectivity index (χ1n) is 11.4. The fourth-order valence-electron chi connectivity index (χ4n) is 3.61. The number of likely N-dealkylation sites (tertiary alicyclic amines) is 1. The van der Waals surface area contributed by atoms with Gasteiger partial charge in [-0.25, -0.2) is 13.8 Å². The molecule has 0 atom stereocenters. The maximum atomic E-state index is 13.0. The van der Waals surface area contributed by atoms with Crippen molar-refractivity contribution in [3.63, 3.8) is 0 Å². The van der Waals surface area contributed by atoms with Crippen molar-refractivity contribution in [3.05, 3.63) is 59.7 Å². The number of sulfonamides is 1. The summed E-state index contributed by atoms with van der Waals surface area (Å²) in [5.74, 6) is -0.437. The van der Waals surface area contributed by atoms with Crippen LogP contribution in [0.3, 0.4) is 0 Å². The predicted molar refractivity (Wildman–Crippen MR) is 132 cm³/mol. The van der Waals surface area contributed by atoms with Gasteiger partial charge < -0.3 is 9.64 Å². The van der Waals surface area contributed by atoms with Crippen LogP contribution in [0.15, 0.2) is 53.6 Å². The molecule has 0 unspecified atom stereocenters. The lowest BCUT2D eigenvalue weighted by molar-refractivity contribution is -0.137. The van der Waals surface area contributed by atoms with E-state index in [1.54, 1.807) is 29.2 Å². The summed E-state index contributed by atoms with van der Waals surface area (Å²) in [6.45, 7) is 0.651. The lowest BCUT2D eigenvalue weighted by Gasteiger charge is -2.26. The number of hydrogen-bond acceptors (Lipinski definition) is 6. The van der Waals surface area contributed by atoms with E-state index in [2.05, 4.69) is 10.5 Å². The summed E-state index contributed by atoms with van der Waals surface area (Å²) in [7, 11) is -4.06. The SMILES string of the molecule is CS(=O)(=O)N(CC(=O)N/N=C\c1ccc(OCC(=O)N2CCCCC2)cc1)c1cccc(C(F)(F)F)c1. The molecule has 13 heteroatoms. The molecule has 37 heavy (non-hydrogen) atoms. The molecule has 2 aromatic carbocycles. The van der Waals surface area contributed by atoms with E-state index in [-0.39, 0.29) is 18.2 Å². The van der Waals surface area contributed by atoms with Crippen LogP contribution in [-0.4, -0.2) is 63.8 Å². The summed E-state index contributed by atoms with van der Waals surface area (Å²) in [4.78, 5) is 26.2. The molecule has 2 aromatic rings. The van der Waals surface area contributed by atoms with Crippen LogP contribution >= 0.6 is 0 Å². The molecular weight excluding hydrogens is 513 g/mol. The first-order valence-corrected chi connectivity index (χ1v) is 13.3. The Morgan fingerprint density at radius 2 is 1.78 bits per heavy atom. The van der Waals surface area contributed by atoms with Gasteiger partial charge >= 0.3 is 6.18 Å². The Morgan fingerprint density at radius 3 is 2.41 bits per heavy atom. The van der Waals surface area contributed by atoms with Gasteiger partial charge in [-0.2, -0.15) is 18.3 Å². The summed E-state index contributed by atoms with van der Waals surface area (Å²) < 4.78 is 69.4. The number of alkyl halides is 3. The molecule has 1 fully saturated rings. The number of anilines is 1. The second kappa shape index (κ2) is 12.1. The monoisotopic (exact) mass is 540 g/mol. The predicted octanol–water partition coefficient (Wildman–Crippen LogP) is 3.01. The lowest BCUT2D eigenvalue weighted by atomic mass is 10.1. The van der Waals surface area contributed by atoms with Gasteiger partial charge in [-0.05, 0) is 67.3 Å². The summed E-state index contributed by atoms with van der Waals surface area (Å²) in [5.41, 5.74) is 1.40. The van der Waals surface area contributed by atoms with E-state index in [0.717, 1.165) is 56.8 Å². The Balaban J connectivity index is 1.54. The maximum absolute atomic E-state index is 13.0. The number of piperidine rings is 1. The highest BCUT2D eigenvalue weighted by Crippen LogP contribution is 2.32. The normalized spacial score (nSPS) is 14.4. The number of rotatable bonds is 9. The van der Waals surface area contributed by atoms with Crippen molar-refractivity contribution in [2.75, 3.05) is 36.8 Å². The van der Waals surface area contributed by atoms with Crippen LogP contribution in [0, 0.1) is 0 Å². The van der Waals surface area contributed by atoms with E-state index in [1.807, 2.05) is 0 Å². The number of halogens is 3. The molecule has 0 aromatic heterocycles. The molecule has 1 saturated heterocycles. The van der Waals surface area contributed by atoms with Gasteiger partial charge in [-0.3, -0.25) is 13.9 Å². The van der Waals surface area contributed by atoms with Gasteiger partial charge in [0.2, 0.25) is 10.0 Å². The average molecular weight is 541 g/mol. The molecule has 0 radical (unpaired) electrons. The summed E-state index contributed by atoms with van der Waals surface area (Å²) >= 11 is 0. The fourth-order valence-corrected chi connectivity index (χ4v) is 4.46. The Labute approximate surface area is 212 Å². The highest BCUT2D eigenvalue weighted by molar-refractivity contribution is 7.92. The van der Waals surface area contributed by atoms with Crippen LogP contribution in [0.25, 0.3) is 0 Å². The number of carbonyl (C=O) groups excluding carboxylic acids is 2. The van der Waals surface area contributed by atoms with Crippen molar-refractivity contribution in [3.8, 4) is 5.75 Å². The summed E-state index contributed by atoms with van der Waals surface area (Å²) in [6, 6.07) is 10.2. The first-order chi connectivity index (χ1) is 17.4. The highest BCUT2D eigenvalue weighted by atomic mass is 32.2. The molecule has 3 rings (SSSR count). The van der Waals surface area contributed by atoms with Gasteiger partial charge in [0, 0.05) is 13.1 Å². The van der Waals surface area contributed by atoms with Crippen LogP contribution in [0.1, 0.15) is 30.4 Å². The van der Waals surface area contributed by atoms with Crippen molar-refractivity contribution in [2.24, 2.45) is 5.10 Å². The van der Waals surface area contributed by atoms with Crippen LogP contribution in [-0.2, 0) is 25.8 Å². The minimum absolute atomic E-state index is 0.0633. The molecule has 0 aliphatic carbocycles. The standard InChI is InChI=1S/C24H27F3N4O5S/c1-37(34,35)31(20-7-5-6-19(14-20)24(25,26)27)16-22(32)29-28-15-18-8-10-21(11-9-18)36-17-23(33)30-12-3-2-4-13-30/h5-11,14-15H,2-4,12-13,16-17H2,1H3,(H,29,32)/b28-15-. The van der Waals surface area contributed by atoms with Crippen molar-refractivity contribution in [2.45, 2.75) is 25.4 Å². The number of hydrogen-bond donors (Lipinski definition) is 1. The minimum atomic E-state index is -4.67. The molecule has 200 valence electrons. The molecular formula is C24H27F3N4O5S. The second-order valence-corrected chi connectivity index (χ2v) is 10.3. The Hall–Kier alpha value is -3.61. The van der Waals surface area contributed by atoms with E-state index >= 15 is 0 Å². The topological polar surface area (TPSA) is 108 Å². The summed E-state index contributed by atoms with van der Waals surface area (Å²) in [5, 5.41) is 3.76. The zero-order valence-electron chi connectivity index (χ0n) is 20.1. The van der Waals surface area contributed by atoms with Gasteiger partial charge in [0.25, 0.3) is 11.8 Å². The minimum Gasteiger partial charge on any atom is -0.484 e. The van der Waals surface area contributed by atoms with Gasteiger partial charge in [0.15, 0.2) is 6.61 Å². The van der Waals surface area contributed by atoms with E-state index in [9.17, 15) is 31.2 Å². The van der Waals surface area contributed by atoms with Crippen LogP contribution in [0.5, 0.6) is 5.75 Å². The van der Waals surface area contributed by atoms with Crippen molar-refractivity contribution in [1.29, 1.82) is 0 Å². The molecule has 1 aliphatic rings. The van der Waals surface area contributed by atoms with Crippen molar-refractivity contribution in [1.82, 2.24) is 10.3 Å². The fraction of sp³-hybridized carbons (Fsp3) is 0.375. The van der Waals surface area contributed by atoms with Crippen LogP contribution in [0.4, 0.5) is 18.9 Å². The summed E-state index contributed by atoms with van der Waals surface area (Å²) in [6.07, 6.45) is 0.528. The maximum Gasteiger partial charge on any atom is 0.416 e. The van der Waals surface area contributed by atoms with E-state index < -0.39 is 34.2 Å². The second-order valence-electron chi connectivity index (χ2n) is 8.41. The number of amides is 2. The molecule has 1 heterocycles. The molecule has 2 amide bonds. The molecule has 0 spiro atoms. The number of nitrogens with one attached hydrogen (secondary N) is 1. The molecule has 0 bridgehead atoms. The Morgan fingerprint density at radius 1 is 1.11 bits per heavy atom. The number of benzene rings is 2. The van der Waals surface area contributed by atoms with E-state index in [0.29, 0.717) is 21.7 Å². The smallest absolute Gasteiger partial charge is 0.416 e. The molecule has 0 saturated carbocycles. The third kappa shape index (κ3) is 8.48. The quantitative estimate of drug-likeness (QED) is 0.389. The molecule has 1 N–H and O–H groups in total. The number of carbonyl (C=O) groups is 2. The number of nitrogens with zero attached hydrogens (tertiary/aromatic N) is 3. The Kier molecular flexibility index (Phi) is 9.14. The van der Waals surface area contributed by atoms with Gasteiger partial charge in [0.05, 0.1) is 23.7 Å². The van der Waals surface area contributed by atoms with Crippen LogP contribution in [0.2, 0.25) is 0 Å². The number of hydrazone groups is 1. The zero-order chi connectivity index (χ0) is 27.1. The van der Waals surface area contributed by atoms with Gasteiger partial charge in [0.1, 0.15) is 12.3 Å². The van der Waals surface area contributed by atoms with Crippen molar-refractivity contribution >= 4 is 33.7 Å². The van der Waals surface area contributed by atoms with Gasteiger partial charge in [-0.15, -0.1) is 0 Å². The lowest BCUT2D eigenvalue weighted by Crippen LogP contribution is -2.39. The molecule has 1 aliphatic heterocycles. The third-order valence-electron chi connectivity index (χ3n) is 5.50. The zero-order valence-corrected chi connectivity index (χ0v) is 20.9. The third-order valence-corrected chi connectivity index (χ3v) is 6.64. The average Bonchev–Trinajstić information content (AvgIpc) is 2.86. The highest BCUT2D eigenvalue weighted by Gasteiger charge is 2.32. The first kappa shape index (κ1) is 28.0. The Bertz CT molecular complexity index is 1230. The van der Waals surface area contributed by atoms with Gasteiger partial charge in [-0.1, -0.05) is 6.07 Å². The largest absolute Gasteiger partial charge is 0.484 e.